The van der Waals surface area contributed by atoms with Crippen LogP contribution in [-0.2, 0) is 0 Å². The van der Waals surface area contributed by atoms with Crippen LogP contribution in [0.1, 0.15) is 5.56 Å². The van der Waals surface area contributed by atoms with Gasteiger partial charge >= 0.3 is 5.69 Å². The van der Waals surface area contributed by atoms with Crippen molar-refractivity contribution < 1.29 is 14.1 Å². The zero-order valence-corrected chi connectivity index (χ0v) is 12.1. The summed E-state index contributed by atoms with van der Waals surface area (Å²) in [6, 6.07) is 7.60. The summed E-state index contributed by atoms with van der Waals surface area (Å²) in [7, 11) is 0. The van der Waals surface area contributed by atoms with Gasteiger partial charge in [0, 0.05) is 10.0 Å². The van der Waals surface area contributed by atoms with Crippen LogP contribution in [0.25, 0.3) is 0 Å². The molecule has 0 aliphatic heterocycles. The standard InChI is InChI=1S/C13H9BrFN3O3/c14-10-6-8(2-3-9(10)13(16)17)21-12-4-1-7(15)5-11(12)18(19)20/h1-6H,(H3,16,17). The quantitative estimate of drug-likeness (QED) is 0.379. The number of rotatable bonds is 4. The topological polar surface area (TPSA) is 102 Å². The van der Waals surface area contributed by atoms with E-state index >= 15 is 0 Å². The maximum Gasteiger partial charge on any atom is 0.314 e. The van der Waals surface area contributed by atoms with Gasteiger partial charge in [0.2, 0.25) is 5.75 Å². The number of halogens is 2. The molecule has 3 N–H and O–H groups in total. The fourth-order valence-electron chi connectivity index (χ4n) is 1.62. The van der Waals surface area contributed by atoms with Gasteiger partial charge in [-0.3, -0.25) is 15.5 Å². The summed E-state index contributed by atoms with van der Waals surface area (Å²) in [5.41, 5.74) is 5.38. The molecule has 2 rings (SSSR count). The van der Waals surface area contributed by atoms with Crippen LogP contribution in [0.5, 0.6) is 11.5 Å². The van der Waals surface area contributed by atoms with E-state index in [-0.39, 0.29) is 11.6 Å². The third-order valence-corrected chi connectivity index (χ3v) is 3.23. The van der Waals surface area contributed by atoms with Crippen LogP contribution in [0.15, 0.2) is 40.9 Å². The molecule has 0 aliphatic carbocycles. The van der Waals surface area contributed by atoms with Gasteiger partial charge in [0.1, 0.15) is 17.4 Å². The molecule has 0 saturated heterocycles. The molecule has 0 radical (unpaired) electrons. The number of nitrogens with two attached hydrogens (primary N) is 1. The Morgan fingerprint density at radius 1 is 1.33 bits per heavy atom. The van der Waals surface area contributed by atoms with Crippen molar-refractivity contribution in [3.05, 3.63) is 62.4 Å². The van der Waals surface area contributed by atoms with Gasteiger partial charge in [-0.15, -0.1) is 0 Å². The summed E-state index contributed by atoms with van der Waals surface area (Å²) in [4.78, 5) is 10.2. The zero-order chi connectivity index (χ0) is 15.6. The fraction of sp³-hybridized carbons (Fsp3) is 0. The first kappa shape index (κ1) is 14.9. The maximum atomic E-state index is 13.0. The number of nitrogen functional groups attached to an aromatic ring is 1. The molecule has 0 atom stereocenters. The second kappa shape index (κ2) is 5.88. The van der Waals surface area contributed by atoms with E-state index in [9.17, 15) is 14.5 Å². The van der Waals surface area contributed by atoms with Gasteiger partial charge in [-0.05, 0) is 46.3 Å². The molecular weight excluding hydrogens is 345 g/mol. The minimum atomic E-state index is -0.725. The highest BCUT2D eigenvalue weighted by atomic mass is 79.9. The number of nitro benzene ring substituents is 1. The minimum absolute atomic E-state index is 0.0797. The van der Waals surface area contributed by atoms with Gasteiger partial charge in [-0.1, -0.05) is 0 Å². The normalized spacial score (nSPS) is 10.2. The third kappa shape index (κ3) is 3.34. The Balaban J connectivity index is 2.37. The summed E-state index contributed by atoms with van der Waals surface area (Å²) in [6.07, 6.45) is 0. The molecule has 0 aromatic heterocycles. The number of hydrogen-bond donors (Lipinski definition) is 2. The van der Waals surface area contributed by atoms with Gasteiger partial charge in [0.15, 0.2) is 0 Å². The number of benzene rings is 2. The Morgan fingerprint density at radius 3 is 2.62 bits per heavy atom. The smallest absolute Gasteiger partial charge is 0.314 e. The Hall–Kier alpha value is -2.48. The van der Waals surface area contributed by atoms with Crippen LogP contribution >= 0.6 is 15.9 Å². The number of hydrogen-bond acceptors (Lipinski definition) is 4. The average Bonchev–Trinajstić information content (AvgIpc) is 2.40. The van der Waals surface area contributed by atoms with Crippen molar-refractivity contribution in [3.8, 4) is 11.5 Å². The Bertz CT molecular complexity index is 737. The van der Waals surface area contributed by atoms with Crippen molar-refractivity contribution in [1.29, 1.82) is 5.41 Å². The van der Waals surface area contributed by atoms with Gasteiger partial charge in [-0.25, -0.2) is 4.39 Å². The third-order valence-electron chi connectivity index (χ3n) is 2.58. The lowest BCUT2D eigenvalue weighted by Crippen LogP contribution is -2.11. The molecular formula is C13H9BrFN3O3. The number of nitrogens with zero attached hydrogens (tertiary/aromatic N) is 1. The molecule has 2 aromatic carbocycles. The summed E-state index contributed by atoms with van der Waals surface area (Å²) in [5.74, 6) is -0.631. The molecule has 0 saturated carbocycles. The second-order valence-corrected chi connectivity index (χ2v) is 4.88. The predicted octanol–water partition coefficient (Wildman–Crippen LogP) is 3.57. The first-order chi connectivity index (χ1) is 9.88. The number of amidine groups is 1. The van der Waals surface area contributed by atoms with Crippen LogP contribution in [-0.4, -0.2) is 10.8 Å². The number of nitro groups is 1. The van der Waals surface area contributed by atoms with Crippen LogP contribution in [0.2, 0.25) is 0 Å². The fourth-order valence-corrected chi connectivity index (χ4v) is 2.20. The zero-order valence-electron chi connectivity index (χ0n) is 10.5. The molecule has 6 nitrogen and oxygen atoms in total. The molecule has 0 aliphatic rings. The highest BCUT2D eigenvalue weighted by Gasteiger charge is 2.17. The van der Waals surface area contributed by atoms with Gasteiger partial charge < -0.3 is 10.5 Å². The molecule has 2 aromatic rings. The van der Waals surface area contributed by atoms with E-state index in [0.717, 1.165) is 12.1 Å². The highest BCUT2D eigenvalue weighted by molar-refractivity contribution is 9.10. The van der Waals surface area contributed by atoms with Crippen molar-refractivity contribution in [2.75, 3.05) is 0 Å². The van der Waals surface area contributed by atoms with Crippen molar-refractivity contribution in [2.24, 2.45) is 5.73 Å². The number of ether oxygens (including phenoxy) is 1. The molecule has 0 fully saturated rings. The van der Waals surface area contributed by atoms with E-state index in [1.807, 2.05) is 0 Å². The first-order valence-corrected chi connectivity index (χ1v) is 6.43. The van der Waals surface area contributed by atoms with E-state index in [1.165, 1.54) is 24.3 Å². The van der Waals surface area contributed by atoms with E-state index in [1.54, 1.807) is 0 Å². The molecule has 21 heavy (non-hydrogen) atoms. The monoisotopic (exact) mass is 353 g/mol. The van der Waals surface area contributed by atoms with Crippen LogP contribution < -0.4 is 10.5 Å². The average molecular weight is 354 g/mol. The summed E-state index contributed by atoms with van der Waals surface area (Å²) >= 11 is 3.23. The van der Waals surface area contributed by atoms with Gasteiger partial charge in [0.05, 0.1) is 11.0 Å². The van der Waals surface area contributed by atoms with Crippen LogP contribution in [0.4, 0.5) is 10.1 Å². The van der Waals surface area contributed by atoms with Crippen molar-refractivity contribution in [1.82, 2.24) is 0 Å². The van der Waals surface area contributed by atoms with Crippen molar-refractivity contribution >= 4 is 27.5 Å². The van der Waals surface area contributed by atoms with E-state index < -0.39 is 16.4 Å². The highest BCUT2D eigenvalue weighted by Crippen LogP contribution is 2.33. The molecule has 0 unspecified atom stereocenters. The van der Waals surface area contributed by atoms with Crippen molar-refractivity contribution in [3.63, 3.8) is 0 Å². The summed E-state index contributed by atoms with van der Waals surface area (Å²) in [5, 5.41) is 18.2. The van der Waals surface area contributed by atoms with Crippen LogP contribution in [0, 0.1) is 21.3 Å². The molecule has 0 amide bonds. The Morgan fingerprint density at radius 2 is 2.05 bits per heavy atom. The minimum Gasteiger partial charge on any atom is -0.450 e. The van der Waals surface area contributed by atoms with E-state index in [2.05, 4.69) is 15.9 Å². The lowest BCUT2D eigenvalue weighted by molar-refractivity contribution is -0.385. The molecule has 0 bridgehead atoms. The maximum absolute atomic E-state index is 13.0. The second-order valence-electron chi connectivity index (χ2n) is 4.03. The molecule has 0 heterocycles. The first-order valence-electron chi connectivity index (χ1n) is 5.64. The van der Waals surface area contributed by atoms with Crippen molar-refractivity contribution in [2.45, 2.75) is 0 Å². The van der Waals surface area contributed by atoms with Gasteiger partial charge in [-0.2, -0.15) is 0 Å². The molecule has 0 spiro atoms. The molecule has 108 valence electrons. The van der Waals surface area contributed by atoms with Gasteiger partial charge in [0.25, 0.3) is 0 Å². The van der Waals surface area contributed by atoms with Crippen LogP contribution in [0.3, 0.4) is 0 Å². The van der Waals surface area contributed by atoms with E-state index in [0.29, 0.717) is 15.8 Å². The Labute approximate surface area is 127 Å². The summed E-state index contributed by atoms with van der Waals surface area (Å²) < 4.78 is 19.0. The van der Waals surface area contributed by atoms with E-state index in [4.69, 9.17) is 15.9 Å². The Kier molecular flexibility index (Phi) is 4.18. The lowest BCUT2D eigenvalue weighted by Gasteiger charge is -2.08. The predicted molar refractivity (Wildman–Crippen MR) is 78.3 cm³/mol. The SMILES string of the molecule is N=C(N)c1ccc(Oc2ccc(F)cc2[N+](=O)[O-])cc1Br. The molecule has 8 heteroatoms. The summed E-state index contributed by atoms with van der Waals surface area (Å²) in [6.45, 7) is 0. The number of nitrogens with one attached hydrogen (secondary N) is 1. The lowest BCUT2D eigenvalue weighted by atomic mass is 10.2. The largest absolute Gasteiger partial charge is 0.450 e.